The third kappa shape index (κ3) is 7.54. The maximum absolute atomic E-state index is 12.4. The molecule has 5 nitrogen and oxygen atoms in total. The molecule has 0 bridgehead atoms. The van der Waals surface area contributed by atoms with Gasteiger partial charge in [0.05, 0.1) is 38.6 Å². The second kappa shape index (κ2) is 13.6. The van der Waals surface area contributed by atoms with Crippen molar-refractivity contribution in [3.63, 3.8) is 0 Å². The van der Waals surface area contributed by atoms with E-state index in [1.807, 2.05) is 61.5 Å². The van der Waals surface area contributed by atoms with Crippen LogP contribution in [0.15, 0.2) is 103 Å². The van der Waals surface area contributed by atoms with Gasteiger partial charge in [0.25, 0.3) is 0 Å². The summed E-state index contributed by atoms with van der Waals surface area (Å²) in [6.45, 7) is 4.40. The number of carbonyl (C=O) groups excluding carboxylic acids is 1. The van der Waals surface area contributed by atoms with E-state index in [4.69, 9.17) is 14.2 Å². The molecule has 1 fully saturated rings. The zero-order valence-corrected chi connectivity index (χ0v) is 20.9. The van der Waals surface area contributed by atoms with Crippen LogP contribution in [0.2, 0.25) is 0 Å². The molecule has 3 aromatic carbocycles. The molecule has 2 atom stereocenters. The van der Waals surface area contributed by atoms with Gasteiger partial charge in [0, 0.05) is 18.3 Å². The predicted molar refractivity (Wildman–Crippen MR) is 141 cm³/mol. The molecule has 4 rings (SSSR count). The molecule has 1 saturated heterocycles. The van der Waals surface area contributed by atoms with Crippen LogP contribution in [-0.4, -0.2) is 36.2 Å². The molecule has 0 N–H and O–H groups in total. The molecule has 36 heavy (non-hydrogen) atoms. The Balaban J connectivity index is 1.57. The fourth-order valence-corrected chi connectivity index (χ4v) is 4.55. The minimum atomic E-state index is -0.307. The third-order valence-corrected chi connectivity index (χ3v) is 6.36. The molecule has 1 heterocycles. The van der Waals surface area contributed by atoms with Crippen molar-refractivity contribution < 1.29 is 19.0 Å². The maximum atomic E-state index is 12.4. The first kappa shape index (κ1) is 25.7. The van der Waals surface area contributed by atoms with Crippen molar-refractivity contribution in [3.8, 4) is 0 Å². The standard InChI is InChI=1S/C31H35NO4/c1-2-35-31(33)20-28-18-19-30(36-23-27-16-10-5-11-17-27)29(24-34-22-26-14-8-4-9-15-26)32(28)21-25-12-6-3-7-13-25/h3-17,20,29-30H,2,18-19,21-24H2,1H3/b28-20+/t29?,30-/m0/s1. The molecule has 0 saturated carbocycles. The zero-order valence-electron chi connectivity index (χ0n) is 20.9. The minimum Gasteiger partial charge on any atom is -0.463 e. The summed E-state index contributed by atoms with van der Waals surface area (Å²) in [7, 11) is 0. The highest BCUT2D eigenvalue weighted by molar-refractivity contribution is 5.82. The summed E-state index contributed by atoms with van der Waals surface area (Å²) < 4.78 is 18.0. The van der Waals surface area contributed by atoms with Crippen molar-refractivity contribution in [3.05, 3.63) is 119 Å². The van der Waals surface area contributed by atoms with E-state index < -0.39 is 0 Å². The lowest BCUT2D eigenvalue weighted by molar-refractivity contribution is -0.137. The molecule has 1 unspecified atom stereocenters. The fourth-order valence-electron chi connectivity index (χ4n) is 4.55. The van der Waals surface area contributed by atoms with Gasteiger partial charge in [-0.2, -0.15) is 0 Å². The van der Waals surface area contributed by atoms with Gasteiger partial charge in [-0.25, -0.2) is 4.79 Å². The van der Waals surface area contributed by atoms with E-state index in [0.717, 1.165) is 29.7 Å². The van der Waals surface area contributed by atoms with Crippen LogP contribution in [0.5, 0.6) is 0 Å². The number of hydrogen-bond acceptors (Lipinski definition) is 5. The van der Waals surface area contributed by atoms with E-state index in [2.05, 4.69) is 41.3 Å². The normalized spacial score (nSPS) is 18.8. The molecule has 3 aromatic rings. The fraction of sp³-hybridized carbons (Fsp3) is 0.323. The summed E-state index contributed by atoms with van der Waals surface area (Å²) in [6.07, 6.45) is 3.15. The Morgan fingerprint density at radius 1 is 0.861 bits per heavy atom. The van der Waals surface area contributed by atoms with Crippen LogP contribution in [0.25, 0.3) is 0 Å². The summed E-state index contributed by atoms with van der Waals surface area (Å²) in [6, 6.07) is 30.7. The van der Waals surface area contributed by atoms with Gasteiger partial charge in [-0.3, -0.25) is 0 Å². The second-order valence-corrected chi connectivity index (χ2v) is 8.94. The van der Waals surface area contributed by atoms with E-state index in [0.29, 0.717) is 33.0 Å². The molecule has 0 radical (unpaired) electrons. The van der Waals surface area contributed by atoms with E-state index in [-0.39, 0.29) is 18.1 Å². The predicted octanol–water partition coefficient (Wildman–Crippen LogP) is 5.90. The molecule has 1 aliphatic rings. The molecule has 0 spiro atoms. The number of rotatable bonds is 11. The minimum absolute atomic E-state index is 0.0379. The van der Waals surface area contributed by atoms with Crippen molar-refractivity contribution in [2.75, 3.05) is 13.2 Å². The number of benzene rings is 3. The molecule has 1 aliphatic heterocycles. The van der Waals surface area contributed by atoms with Gasteiger partial charge in [-0.1, -0.05) is 91.0 Å². The van der Waals surface area contributed by atoms with E-state index in [9.17, 15) is 4.79 Å². The largest absolute Gasteiger partial charge is 0.463 e. The highest BCUT2D eigenvalue weighted by atomic mass is 16.5. The number of carbonyl (C=O) groups is 1. The molecule has 0 aromatic heterocycles. The zero-order chi connectivity index (χ0) is 25.0. The molecular formula is C31H35NO4. The Bertz CT molecular complexity index is 1090. The van der Waals surface area contributed by atoms with Crippen molar-refractivity contribution in [1.29, 1.82) is 0 Å². The lowest BCUT2D eigenvalue weighted by Gasteiger charge is -2.44. The molecule has 0 amide bonds. The number of likely N-dealkylation sites (tertiary alicyclic amines) is 1. The summed E-state index contributed by atoms with van der Waals surface area (Å²) in [4.78, 5) is 14.7. The van der Waals surface area contributed by atoms with Crippen LogP contribution < -0.4 is 0 Å². The van der Waals surface area contributed by atoms with Crippen LogP contribution in [0.3, 0.4) is 0 Å². The van der Waals surface area contributed by atoms with Crippen molar-refractivity contribution in [1.82, 2.24) is 4.90 Å². The first-order chi connectivity index (χ1) is 17.7. The SMILES string of the molecule is CCOC(=O)/C=C1\CC[C@H](OCc2ccccc2)C(COCc2ccccc2)N1Cc1ccccc1. The Morgan fingerprint density at radius 2 is 1.44 bits per heavy atom. The van der Waals surface area contributed by atoms with Crippen LogP contribution >= 0.6 is 0 Å². The highest BCUT2D eigenvalue weighted by Crippen LogP contribution is 2.31. The van der Waals surface area contributed by atoms with Gasteiger partial charge in [0.15, 0.2) is 0 Å². The molecule has 188 valence electrons. The molecule has 5 heteroatoms. The number of esters is 1. The molecular weight excluding hydrogens is 450 g/mol. The lowest BCUT2D eigenvalue weighted by Crippen LogP contribution is -2.50. The third-order valence-electron chi connectivity index (χ3n) is 6.36. The van der Waals surface area contributed by atoms with Crippen LogP contribution in [0.1, 0.15) is 36.5 Å². The number of nitrogens with zero attached hydrogens (tertiary/aromatic N) is 1. The van der Waals surface area contributed by atoms with Crippen molar-refractivity contribution in [2.24, 2.45) is 0 Å². The van der Waals surface area contributed by atoms with Gasteiger partial charge < -0.3 is 19.1 Å². The van der Waals surface area contributed by atoms with E-state index >= 15 is 0 Å². The van der Waals surface area contributed by atoms with Gasteiger partial charge in [0.1, 0.15) is 0 Å². The van der Waals surface area contributed by atoms with Crippen LogP contribution in [0, 0.1) is 0 Å². The number of ether oxygens (including phenoxy) is 3. The van der Waals surface area contributed by atoms with E-state index in [1.165, 1.54) is 5.56 Å². The quantitative estimate of drug-likeness (QED) is 0.250. The average Bonchev–Trinajstić information content (AvgIpc) is 2.91. The molecule has 0 aliphatic carbocycles. The highest BCUT2D eigenvalue weighted by Gasteiger charge is 2.35. The first-order valence-electron chi connectivity index (χ1n) is 12.7. The Morgan fingerprint density at radius 3 is 2.06 bits per heavy atom. The summed E-state index contributed by atoms with van der Waals surface area (Å²) in [5.41, 5.74) is 4.41. The Labute approximate surface area is 214 Å². The maximum Gasteiger partial charge on any atom is 0.332 e. The number of allylic oxidation sites excluding steroid dienone is 1. The van der Waals surface area contributed by atoms with Crippen molar-refractivity contribution in [2.45, 2.75) is 51.7 Å². The summed E-state index contributed by atoms with van der Waals surface area (Å²) in [5.74, 6) is -0.307. The second-order valence-electron chi connectivity index (χ2n) is 8.94. The van der Waals surface area contributed by atoms with Crippen molar-refractivity contribution >= 4 is 5.97 Å². The van der Waals surface area contributed by atoms with Gasteiger partial charge >= 0.3 is 5.97 Å². The van der Waals surface area contributed by atoms with Gasteiger partial charge in [0.2, 0.25) is 0 Å². The smallest absolute Gasteiger partial charge is 0.332 e. The summed E-state index contributed by atoms with van der Waals surface area (Å²) >= 11 is 0. The van der Waals surface area contributed by atoms with Gasteiger partial charge in [-0.15, -0.1) is 0 Å². The lowest BCUT2D eigenvalue weighted by atomic mass is 9.95. The number of hydrogen-bond donors (Lipinski definition) is 0. The topological polar surface area (TPSA) is 48.0 Å². The average molecular weight is 486 g/mol. The van der Waals surface area contributed by atoms with Gasteiger partial charge in [-0.05, 0) is 36.5 Å². The Hall–Kier alpha value is -3.41. The monoisotopic (exact) mass is 485 g/mol. The first-order valence-corrected chi connectivity index (χ1v) is 12.7. The van der Waals surface area contributed by atoms with Crippen LogP contribution in [0.4, 0.5) is 0 Å². The number of piperidine rings is 1. The van der Waals surface area contributed by atoms with E-state index in [1.54, 1.807) is 6.08 Å². The van der Waals surface area contributed by atoms with Crippen LogP contribution in [-0.2, 0) is 38.8 Å². The Kier molecular flexibility index (Phi) is 9.71. The summed E-state index contributed by atoms with van der Waals surface area (Å²) in [5, 5.41) is 0.